The van der Waals surface area contributed by atoms with Gasteiger partial charge in [-0.3, -0.25) is 4.79 Å². The lowest BCUT2D eigenvalue weighted by atomic mass is 10.1. The van der Waals surface area contributed by atoms with Crippen molar-refractivity contribution >= 4 is 28.5 Å². The van der Waals surface area contributed by atoms with Gasteiger partial charge in [-0.25, -0.2) is 23.1 Å². The Labute approximate surface area is 199 Å². The molecule has 0 N–H and O–H groups in total. The first-order chi connectivity index (χ1) is 17.0. The number of halogens is 2. The van der Waals surface area contributed by atoms with E-state index in [2.05, 4.69) is 0 Å². The summed E-state index contributed by atoms with van der Waals surface area (Å²) in [6, 6.07) is 16.8. The maximum atomic E-state index is 14.3. The van der Waals surface area contributed by atoms with Gasteiger partial charge in [-0.15, -0.1) is 0 Å². The van der Waals surface area contributed by atoms with Crippen LogP contribution >= 0.6 is 0 Å². The van der Waals surface area contributed by atoms with Crippen LogP contribution in [0.5, 0.6) is 0 Å². The Bertz CT molecular complexity index is 1460. The van der Waals surface area contributed by atoms with E-state index in [4.69, 9.17) is 9.72 Å². The Hall–Kier alpha value is -4.27. The molecular weight excluding hydrogens is 454 g/mol. The fourth-order valence-electron chi connectivity index (χ4n) is 4.31. The number of aromatic nitrogens is 2. The lowest BCUT2D eigenvalue weighted by Crippen LogP contribution is -2.48. The molecule has 1 fully saturated rings. The molecule has 0 bridgehead atoms. The Balaban J connectivity index is 1.59. The fraction of sp³-hybridized carbons (Fsp3) is 0.192. The Morgan fingerprint density at radius 2 is 1.60 bits per heavy atom. The minimum absolute atomic E-state index is 0.279. The van der Waals surface area contributed by atoms with Gasteiger partial charge in [0.15, 0.2) is 0 Å². The molecule has 1 aromatic heterocycles. The maximum absolute atomic E-state index is 14.3. The molecule has 0 amide bonds. The summed E-state index contributed by atoms with van der Waals surface area (Å²) in [5.74, 6) is -0.873. The number of rotatable bonds is 4. The number of hydrogen-bond donors (Lipinski definition) is 0. The molecule has 0 unspecified atom stereocenters. The SMILES string of the molecule is COC(=O)c1ccc2c(=O)n(-c3ccc(F)cc3)c(N3CCN(c4ccccc4F)CC3)nc2c1. The molecule has 0 atom stereocenters. The Morgan fingerprint density at radius 1 is 0.914 bits per heavy atom. The summed E-state index contributed by atoms with van der Waals surface area (Å²) < 4.78 is 34.1. The second-order valence-corrected chi connectivity index (χ2v) is 8.18. The number of carbonyl (C=O) groups is 1. The van der Waals surface area contributed by atoms with Crippen molar-refractivity contribution in [2.75, 3.05) is 43.1 Å². The molecule has 0 radical (unpaired) electrons. The van der Waals surface area contributed by atoms with E-state index in [0.717, 1.165) is 0 Å². The van der Waals surface area contributed by atoms with Crippen molar-refractivity contribution in [3.63, 3.8) is 0 Å². The molecule has 4 aromatic rings. The molecule has 1 aliphatic heterocycles. The molecule has 0 saturated carbocycles. The van der Waals surface area contributed by atoms with Crippen molar-refractivity contribution in [3.8, 4) is 5.69 Å². The van der Waals surface area contributed by atoms with Crippen LogP contribution in [0.15, 0.2) is 71.5 Å². The predicted octanol–water partition coefficient (Wildman–Crippen LogP) is 3.78. The summed E-state index contributed by atoms with van der Waals surface area (Å²) >= 11 is 0. The van der Waals surface area contributed by atoms with Gasteiger partial charge in [0.05, 0.1) is 35.0 Å². The second kappa shape index (κ2) is 9.17. The number of hydrogen-bond acceptors (Lipinski definition) is 6. The van der Waals surface area contributed by atoms with E-state index in [1.807, 2.05) is 9.80 Å². The highest BCUT2D eigenvalue weighted by Crippen LogP contribution is 2.25. The number of carbonyl (C=O) groups excluding carboxylic acids is 1. The van der Waals surface area contributed by atoms with Crippen molar-refractivity contribution in [1.29, 1.82) is 0 Å². The van der Waals surface area contributed by atoms with E-state index in [1.54, 1.807) is 18.2 Å². The van der Waals surface area contributed by atoms with Gasteiger partial charge in [0.25, 0.3) is 5.56 Å². The summed E-state index contributed by atoms with van der Waals surface area (Å²) in [6.07, 6.45) is 0. The third-order valence-corrected chi connectivity index (χ3v) is 6.11. The molecule has 1 saturated heterocycles. The van der Waals surface area contributed by atoms with Gasteiger partial charge in [0.1, 0.15) is 11.6 Å². The summed E-state index contributed by atoms with van der Waals surface area (Å²) in [6.45, 7) is 1.98. The average molecular weight is 476 g/mol. The van der Waals surface area contributed by atoms with Crippen molar-refractivity contribution in [3.05, 3.63) is 94.3 Å². The minimum atomic E-state index is -0.531. The van der Waals surface area contributed by atoms with E-state index >= 15 is 0 Å². The number of ether oxygens (including phenoxy) is 1. The summed E-state index contributed by atoms with van der Waals surface area (Å²) in [4.78, 5) is 34.2. The number of piperazine rings is 1. The first-order valence-corrected chi connectivity index (χ1v) is 11.1. The monoisotopic (exact) mass is 476 g/mol. The van der Waals surface area contributed by atoms with Crippen LogP contribution in [0.1, 0.15) is 10.4 Å². The minimum Gasteiger partial charge on any atom is -0.465 e. The molecular formula is C26H22F2N4O3. The van der Waals surface area contributed by atoms with E-state index in [0.29, 0.717) is 54.4 Å². The maximum Gasteiger partial charge on any atom is 0.337 e. The lowest BCUT2D eigenvalue weighted by molar-refractivity contribution is 0.0601. The number of methoxy groups -OCH3 is 1. The smallest absolute Gasteiger partial charge is 0.337 e. The number of benzene rings is 3. The van der Waals surface area contributed by atoms with Crippen LogP contribution in [0, 0.1) is 11.6 Å². The van der Waals surface area contributed by atoms with Gasteiger partial charge in [0.2, 0.25) is 5.95 Å². The van der Waals surface area contributed by atoms with Crippen molar-refractivity contribution in [1.82, 2.24) is 9.55 Å². The number of anilines is 2. The van der Waals surface area contributed by atoms with Gasteiger partial charge < -0.3 is 14.5 Å². The second-order valence-electron chi connectivity index (χ2n) is 8.18. The third kappa shape index (κ3) is 4.21. The number of nitrogens with zero attached hydrogens (tertiary/aromatic N) is 4. The molecule has 2 heterocycles. The van der Waals surface area contributed by atoms with Gasteiger partial charge >= 0.3 is 5.97 Å². The van der Waals surface area contributed by atoms with Crippen LogP contribution in [-0.4, -0.2) is 48.8 Å². The molecule has 3 aromatic carbocycles. The molecule has 1 aliphatic rings. The molecule has 5 rings (SSSR count). The highest BCUT2D eigenvalue weighted by Gasteiger charge is 2.24. The molecule has 9 heteroatoms. The van der Waals surface area contributed by atoms with E-state index in [9.17, 15) is 18.4 Å². The van der Waals surface area contributed by atoms with Crippen molar-refractivity contribution in [2.45, 2.75) is 0 Å². The topological polar surface area (TPSA) is 67.7 Å². The first kappa shape index (κ1) is 22.5. The largest absolute Gasteiger partial charge is 0.465 e. The van der Waals surface area contributed by atoms with Crippen molar-refractivity contribution < 1.29 is 18.3 Å². The Kier molecular flexibility index (Phi) is 5.90. The summed E-state index contributed by atoms with van der Waals surface area (Å²) in [5.41, 5.74) is 1.28. The van der Waals surface area contributed by atoms with Gasteiger partial charge in [-0.1, -0.05) is 12.1 Å². The van der Waals surface area contributed by atoms with Crippen molar-refractivity contribution in [2.24, 2.45) is 0 Å². The average Bonchev–Trinajstić information content (AvgIpc) is 2.89. The Morgan fingerprint density at radius 3 is 2.29 bits per heavy atom. The van der Waals surface area contributed by atoms with E-state index < -0.39 is 11.8 Å². The summed E-state index contributed by atoms with van der Waals surface area (Å²) in [5, 5.41) is 0.315. The fourth-order valence-corrected chi connectivity index (χ4v) is 4.31. The molecule has 7 nitrogen and oxygen atoms in total. The molecule has 35 heavy (non-hydrogen) atoms. The summed E-state index contributed by atoms with van der Waals surface area (Å²) in [7, 11) is 1.28. The van der Waals surface area contributed by atoms with Gasteiger partial charge in [-0.05, 0) is 54.6 Å². The predicted molar refractivity (Wildman–Crippen MR) is 129 cm³/mol. The number of fused-ring (bicyclic) bond motifs is 1. The number of para-hydroxylation sites is 1. The molecule has 0 aliphatic carbocycles. The van der Waals surface area contributed by atoms with Gasteiger partial charge in [-0.2, -0.15) is 0 Å². The highest BCUT2D eigenvalue weighted by molar-refractivity contribution is 5.94. The van der Waals surface area contributed by atoms with Gasteiger partial charge in [0, 0.05) is 26.2 Å². The molecule has 178 valence electrons. The van der Waals surface area contributed by atoms with Crippen LogP contribution in [-0.2, 0) is 4.74 Å². The van der Waals surface area contributed by atoms with Crippen LogP contribution < -0.4 is 15.4 Å². The van der Waals surface area contributed by atoms with E-state index in [1.165, 1.54) is 60.2 Å². The quantitative estimate of drug-likeness (QED) is 0.418. The standard InChI is InChI=1S/C26H22F2N4O3/c1-35-25(34)17-6-11-20-22(16-17)29-26(32(24(20)33)19-9-7-18(27)8-10-19)31-14-12-30(13-15-31)23-5-3-2-4-21(23)28/h2-11,16H,12-15H2,1H3. The lowest BCUT2D eigenvalue weighted by Gasteiger charge is -2.37. The normalized spacial score (nSPS) is 13.8. The zero-order chi connectivity index (χ0) is 24.5. The van der Waals surface area contributed by atoms with Crippen LogP contribution in [0.25, 0.3) is 16.6 Å². The zero-order valence-electron chi connectivity index (χ0n) is 18.9. The highest BCUT2D eigenvalue weighted by atomic mass is 19.1. The molecule has 0 spiro atoms. The third-order valence-electron chi connectivity index (χ3n) is 6.11. The zero-order valence-corrected chi connectivity index (χ0v) is 18.9. The number of esters is 1. The first-order valence-electron chi connectivity index (χ1n) is 11.1. The van der Waals surface area contributed by atoms with Crippen LogP contribution in [0.4, 0.5) is 20.4 Å². The van der Waals surface area contributed by atoms with Crippen LogP contribution in [0.2, 0.25) is 0 Å². The van der Waals surface area contributed by atoms with E-state index in [-0.39, 0.29) is 16.9 Å². The van der Waals surface area contributed by atoms with Crippen LogP contribution in [0.3, 0.4) is 0 Å².